The Labute approximate surface area is 339 Å². The minimum Gasteiger partial charge on any atom is -0.369 e. The lowest BCUT2D eigenvalue weighted by molar-refractivity contribution is -0.00941. The second-order valence-electron chi connectivity index (χ2n) is 12.4. The summed E-state index contributed by atoms with van der Waals surface area (Å²) < 4.78 is 0. The topological polar surface area (TPSA) is 16.2 Å². The summed E-state index contributed by atoms with van der Waals surface area (Å²) in [5.74, 6) is 3.13. The van der Waals surface area contributed by atoms with Crippen LogP contribution in [0.1, 0.15) is 34.8 Å². The number of alkyl halides is 6. The van der Waals surface area contributed by atoms with Gasteiger partial charge in [-0.2, -0.15) is 0 Å². The fourth-order valence-corrected chi connectivity index (χ4v) is 8.40. The van der Waals surface area contributed by atoms with E-state index in [-0.39, 0.29) is 6.17 Å². The second kappa shape index (κ2) is 21.9. The summed E-state index contributed by atoms with van der Waals surface area (Å²) in [4.78, 5) is 11.6. The normalized spacial score (nSPS) is 14.3. The maximum atomic E-state index is 7.01. The van der Waals surface area contributed by atoms with Crippen LogP contribution in [0.25, 0.3) is 0 Å². The highest BCUT2D eigenvalue weighted by Gasteiger charge is 2.33. The van der Waals surface area contributed by atoms with Gasteiger partial charge in [-0.1, -0.05) is 41.4 Å². The molecule has 0 spiro atoms. The van der Waals surface area contributed by atoms with E-state index < -0.39 is 0 Å². The molecular formula is C37H47Cl8N5. The van der Waals surface area contributed by atoms with E-state index in [0.29, 0.717) is 74.5 Å². The van der Waals surface area contributed by atoms with Crippen LogP contribution in [0.4, 0.5) is 17.1 Å². The molecule has 3 aromatic rings. The lowest BCUT2D eigenvalue weighted by Crippen LogP contribution is -2.47. The van der Waals surface area contributed by atoms with Gasteiger partial charge in [-0.15, -0.1) is 69.6 Å². The van der Waals surface area contributed by atoms with Crippen molar-refractivity contribution < 1.29 is 0 Å². The van der Waals surface area contributed by atoms with Crippen LogP contribution >= 0.6 is 92.8 Å². The van der Waals surface area contributed by atoms with Crippen LogP contribution in [0.3, 0.4) is 0 Å². The van der Waals surface area contributed by atoms with E-state index in [1.54, 1.807) is 0 Å². The fraction of sp³-hybridized carbons (Fsp3) is 0.514. The van der Waals surface area contributed by atoms with Crippen molar-refractivity contribution in [2.24, 2.45) is 0 Å². The number of benzene rings is 3. The van der Waals surface area contributed by atoms with Crippen molar-refractivity contribution in [1.82, 2.24) is 9.80 Å². The first-order chi connectivity index (χ1) is 24.3. The van der Waals surface area contributed by atoms with Crippen LogP contribution in [-0.4, -0.2) is 97.4 Å². The molecule has 1 saturated heterocycles. The van der Waals surface area contributed by atoms with Gasteiger partial charge in [-0.3, -0.25) is 9.80 Å². The van der Waals surface area contributed by atoms with Gasteiger partial charge < -0.3 is 14.7 Å². The van der Waals surface area contributed by atoms with Gasteiger partial charge in [-0.25, -0.2) is 0 Å². The molecule has 0 unspecified atom stereocenters. The summed E-state index contributed by atoms with van der Waals surface area (Å²) in [6.45, 7) is 9.71. The zero-order chi connectivity index (χ0) is 36.0. The quantitative estimate of drug-likeness (QED) is 0.105. The highest BCUT2D eigenvalue weighted by molar-refractivity contribution is 6.32. The Morgan fingerprint density at radius 2 is 0.900 bits per heavy atom. The third kappa shape index (κ3) is 11.4. The number of hydrogen-bond acceptors (Lipinski definition) is 5. The minimum atomic E-state index is -0.00761. The summed E-state index contributed by atoms with van der Waals surface area (Å²) in [5, 5.41) is 1.46. The predicted molar refractivity (Wildman–Crippen MR) is 223 cm³/mol. The Morgan fingerprint density at radius 3 is 1.24 bits per heavy atom. The van der Waals surface area contributed by atoms with Gasteiger partial charge in [0.2, 0.25) is 0 Å². The first-order valence-corrected chi connectivity index (χ1v) is 21.0. The van der Waals surface area contributed by atoms with Crippen molar-refractivity contribution in [3.05, 3.63) is 86.9 Å². The van der Waals surface area contributed by atoms with Crippen molar-refractivity contribution in [1.29, 1.82) is 0 Å². The molecule has 0 radical (unpaired) electrons. The SMILES string of the molecule is Cc1cc(N(CCCl)CCCl)ccc1C1N(Cc2ccc(N(CCCl)CCCl)cc2Cl)CCCN1Cc1ccc(N(CCCl)CCCl)cc1Cl. The van der Waals surface area contributed by atoms with Crippen LogP contribution in [0.5, 0.6) is 0 Å². The van der Waals surface area contributed by atoms with Crippen molar-refractivity contribution in [3.8, 4) is 0 Å². The molecule has 50 heavy (non-hydrogen) atoms. The molecule has 0 bridgehead atoms. The highest BCUT2D eigenvalue weighted by Crippen LogP contribution is 2.38. The molecule has 4 rings (SSSR count). The average Bonchev–Trinajstić information content (AvgIpc) is 3.10. The van der Waals surface area contributed by atoms with Gasteiger partial charge >= 0.3 is 0 Å². The molecule has 1 heterocycles. The third-order valence-corrected chi connectivity index (χ3v) is 10.9. The van der Waals surface area contributed by atoms with Gasteiger partial charge in [-0.05, 0) is 72.0 Å². The summed E-state index contributed by atoms with van der Waals surface area (Å²) in [6.07, 6.45) is 1.00. The molecule has 0 aliphatic carbocycles. The summed E-state index contributed by atoms with van der Waals surface area (Å²) in [5.41, 5.74) is 7.77. The molecule has 0 amide bonds. The van der Waals surface area contributed by atoms with Gasteiger partial charge in [0.1, 0.15) is 0 Å². The third-order valence-electron chi connectivity index (χ3n) is 9.16. The van der Waals surface area contributed by atoms with Gasteiger partial charge in [0.05, 0.1) is 6.17 Å². The largest absolute Gasteiger partial charge is 0.369 e. The first kappa shape index (κ1) is 42.0. The Hall–Kier alpha value is -0.700. The Kier molecular flexibility index (Phi) is 18.4. The van der Waals surface area contributed by atoms with E-state index >= 15 is 0 Å². The van der Waals surface area contributed by atoms with E-state index in [2.05, 4.69) is 73.9 Å². The predicted octanol–water partition coefficient (Wildman–Crippen LogP) is 10.6. The first-order valence-electron chi connectivity index (χ1n) is 17.0. The highest BCUT2D eigenvalue weighted by atomic mass is 35.5. The summed E-state index contributed by atoms with van der Waals surface area (Å²) in [6, 6.07) is 19.3. The van der Waals surface area contributed by atoms with Gasteiger partial charge in [0.25, 0.3) is 0 Å². The number of aryl methyl sites for hydroxylation is 1. The molecule has 0 aromatic heterocycles. The van der Waals surface area contributed by atoms with E-state index in [0.717, 1.165) is 70.8 Å². The van der Waals surface area contributed by atoms with E-state index in [1.165, 1.54) is 11.1 Å². The van der Waals surface area contributed by atoms with Crippen LogP contribution in [0.2, 0.25) is 10.0 Å². The van der Waals surface area contributed by atoms with Crippen molar-refractivity contribution >= 4 is 110 Å². The molecular weight excluding hydrogens is 798 g/mol. The maximum absolute atomic E-state index is 7.01. The van der Waals surface area contributed by atoms with Gasteiger partial charge in [0.15, 0.2) is 0 Å². The number of halogens is 8. The van der Waals surface area contributed by atoms with Crippen molar-refractivity contribution in [2.75, 3.05) is 102 Å². The molecule has 3 aromatic carbocycles. The Bertz CT molecular complexity index is 1390. The minimum absolute atomic E-state index is 0.00761. The molecule has 0 saturated carbocycles. The Morgan fingerprint density at radius 1 is 0.540 bits per heavy atom. The summed E-state index contributed by atoms with van der Waals surface area (Å²) >= 11 is 50.7. The molecule has 0 atom stereocenters. The molecule has 5 nitrogen and oxygen atoms in total. The van der Waals surface area contributed by atoms with E-state index in [4.69, 9.17) is 92.8 Å². The smallest absolute Gasteiger partial charge is 0.0894 e. The van der Waals surface area contributed by atoms with Crippen LogP contribution in [0.15, 0.2) is 54.6 Å². The van der Waals surface area contributed by atoms with Gasteiger partial charge in [0, 0.05) is 128 Å². The molecule has 1 aliphatic rings. The number of rotatable bonds is 20. The molecule has 1 aliphatic heterocycles. The van der Waals surface area contributed by atoms with E-state index in [9.17, 15) is 0 Å². The molecule has 0 N–H and O–H groups in total. The molecule has 276 valence electrons. The lowest BCUT2D eigenvalue weighted by Gasteiger charge is -2.45. The van der Waals surface area contributed by atoms with Crippen molar-refractivity contribution in [2.45, 2.75) is 32.6 Å². The maximum Gasteiger partial charge on any atom is 0.0894 e. The molecule has 1 fully saturated rings. The zero-order valence-electron chi connectivity index (χ0n) is 28.6. The number of anilines is 3. The van der Waals surface area contributed by atoms with Crippen molar-refractivity contribution in [3.63, 3.8) is 0 Å². The molecule has 13 heteroatoms. The lowest BCUT2D eigenvalue weighted by atomic mass is 9.99. The zero-order valence-corrected chi connectivity index (χ0v) is 34.6. The number of hydrogen-bond donors (Lipinski definition) is 0. The summed E-state index contributed by atoms with van der Waals surface area (Å²) in [7, 11) is 0. The van der Waals surface area contributed by atoms with Crippen LogP contribution < -0.4 is 14.7 Å². The van der Waals surface area contributed by atoms with E-state index in [1.807, 2.05) is 12.1 Å². The Balaban J connectivity index is 1.69. The second-order valence-corrected chi connectivity index (χ2v) is 15.4. The van der Waals surface area contributed by atoms with Crippen LogP contribution in [0, 0.1) is 6.92 Å². The standard InChI is InChI=1S/C37H47Cl8N5/c1-28-23-31(46(17-9-38)18-10-39)7-8-34(28)37-49(26-29-3-5-32(24-35(29)44)47(19-11-40)20-12-41)15-2-16-50(37)27-30-4-6-33(25-36(30)45)48(21-13-42)22-14-43/h3-8,23-25,37H,2,9-22,26-27H2,1H3. The fourth-order valence-electron chi connectivity index (χ4n) is 6.71. The van der Waals surface area contributed by atoms with Crippen LogP contribution in [-0.2, 0) is 13.1 Å². The average molecular weight is 845 g/mol. The monoisotopic (exact) mass is 841 g/mol. The number of nitrogens with zero attached hydrogens (tertiary/aromatic N) is 5.